The van der Waals surface area contributed by atoms with E-state index in [-0.39, 0.29) is 5.69 Å². The largest absolute Gasteiger partial charge is 0.494 e. The van der Waals surface area contributed by atoms with Crippen molar-refractivity contribution in [2.75, 3.05) is 12.4 Å². The van der Waals surface area contributed by atoms with Gasteiger partial charge in [0.25, 0.3) is 5.56 Å². The first-order valence-corrected chi connectivity index (χ1v) is 9.66. The second-order valence-electron chi connectivity index (χ2n) is 6.72. The number of aryl methyl sites for hydroxylation is 1. The van der Waals surface area contributed by atoms with Crippen LogP contribution >= 0.6 is 0 Å². The monoisotopic (exact) mass is 414 g/mol. The SMILES string of the molecule is CCn1cc(-c2nc3c4cccc(OC)c4nc(Nc4ccccnc4=O)n3n2)cn1. The Hall–Kier alpha value is -4.34. The summed E-state index contributed by atoms with van der Waals surface area (Å²) in [5.74, 6) is 1.41. The molecule has 154 valence electrons. The molecule has 0 unspecified atom stereocenters. The number of benzene rings is 1. The maximum atomic E-state index is 12.3. The van der Waals surface area contributed by atoms with E-state index in [1.165, 1.54) is 6.20 Å². The Kier molecular flexibility index (Phi) is 4.51. The van der Waals surface area contributed by atoms with Gasteiger partial charge in [-0.05, 0) is 31.2 Å². The smallest absolute Gasteiger partial charge is 0.293 e. The maximum Gasteiger partial charge on any atom is 0.293 e. The molecule has 5 rings (SSSR count). The van der Waals surface area contributed by atoms with Crippen LogP contribution in [0.3, 0.4) is 0 Å². The molecule has 0 aliphatic rings. The molecule has 0 amide bonds. The number of rotatable bonds is 5. The standard InChI is InChI=1S/C21H18N8O2/c1-3-28-12-13(11-23-28)18-26-19-14-7-6-9-16(31-2)17(14)25-21(29(19)27-18)24-15-8-4-5-10-22-20(15)30/h4-12H,3H2,1-2H3,(H,22,24,25,30). The van der Waals surface area contributed by atoms with E-state index in [1.807, 2.05) is 31.3 Å². The van der Waals surface area contributed by atoms with Crippen LogP contribution in [0.4, 0.5) is 11.6 Å². The van der Waals surface area contributed by atoms with Crippen molar-refractivity contribution in [1.29, 1.82) is 0 Å². The minimum absolute atomic E-state index is 0.268. The molecule has 0 saturated carbocycles. The highest BCUT2D eigenvalue weighted by molar-refractivity contribution is 5.96. The van der Waals surface area contributed by atoms with Gasteiger partial charge in [0, 0.05) is 24.3 Å². The summed E-state index contributed by atoms with van der Waals surface area (Å²) in [6.07, 6.45) is 5.05. The second-order valence-corrected chi connectivity index (χ2v) is 6.72. The fraction of sp³-hybridized carbons (Fsp3) is 0.143. The molecule has 4 aromatic heterocycles. The number of aromatic nitrogens is 7. The number of nitrogens with one attached hydrogen (secondary N) is 1. The molecule has 0 fully saturated rings. The summed E-state index contributed by atoms with van der Waals surface area (Å²) < 4.78 is 8.88. The number of nitrogens with zero attached hydrogens (tertiary/aromatic N) is 7. The molecule has 4 heterocycles. The zero-order chi connectivity index (χ0) is 21.4. The van der Waals surface area contributed by atoms with Crippen molar-refractivity contribution in [3.63, 3.8) is 0 Å². The van der Waals surface area contributed by atoms with Gasteiger partial charge in [-0.1, -0.05) is 12.1 Å². The van der Waals surface area contributed by atoms with Crippen LogP contribution in [0, 0.1) is 0 Å². The average molecular weight is 414 g/mol. The highest BCUT2D eigenvalue weighted by Crippen LogP contribution is 2.30. The van der Waals surface area contributed by atoms with E-state index < -0.39 is 5.56 Å². The normalized spacial score (nSPS) is 11.2. The fourth-order valence-corrected chi connectivity index (χ4v) is 3.29. The van der Waals surface area contributed by atoms with Crippen LogP contribution in [0.1, 0.15) is 6.92 Å². The Morgan fingerprint density at radius 1 is 1.13 bits per heavy atom. The van der Waals surface area contributed by atoms with Gasteiger partial charge in [0.1, 0.15) is 17.0 Å². The lowest BCUT2D eigenvalue weighted by molar-refractivity contribution is 0.419. The first-order chi connectivity index (χ1) is 15.2. The summed E-state index contributed by atoms with van der Waals surface area (Å²) in [7, 11) is 1.58. The lowest BCUT2D eigenvalue weighted by Crippen LogP contribution is -2.11. The number of fused-ring (bicyclic) bond motifs is 3. The number of methoxy groups -OCH3 is 1. The fourth-order valence-electron chi connectivity index (χ4n) is 3.29. The third-order valence-electron chi connectivity index (χ3n) is 4.83. The third-order valence-corrected chi connectivity index (χ3v) is 4.83. The summed E-state index contributed by atoms with van der Waals surface area (Å²) in [5, 5.41) is 12.8. The first-order valence-electron chi connectivity index (χ1n) is 9.66. The highest BCUT2D eigenvalue weighted by Gasteiger charge is 2.18. The molecule has 0 radical (unpaired) electrons. The molecule has 0 saturated heterocycles. The van der Waals surface area contributed by atoms with Gasteiger partial charge >= 0.3 is 0 Å². The quantitative estimate of drug-likeness (QED) is 0.467. The van der Waals surface area contributed by atoms with Gasteiger partial charge in [-0.2, -0.15) is 9.61 Å². The minimum atomic E-state index is -0.412. The maximum absolute atomic E-state index is 12.3. The van der Waals surface area contributed by atoms with Crippen LogP contribution in [0.15, 0.2) is 59.8 Å². The number of hydrogen-bond acceptors (Lipinski definition) is 8. The lowest BCUT2D eigenvalue weighted by Gasteiger charge is -2.09. The van der Waals surface area contributed by atoms with Crippen LogP contribution in [-0.2, 0) is 6.54 Å². The Balaban J connectivity index is 1.77. The number of hydrogen-bond donors (Lipinski definition) is 1. The molecule has 0 bridgehead atoms. The molecule has 31 heavy (non-hydrogen) atoms. The highest BCUT2D eigenvalue weighted by atomic mass is 16.5. The Morgan fingerprint density at radius 3 is 2.84 bits per heavy atom. The molecule has 1 N–H and O–H groups in total. The Bertz CT molecular complexity index is 1470. The van der Waals surface area contributed by atoms with Crippen LogP contribution in [0.2, 0.25) is 0 Å². The molecule has 0 atom stereocenters. The first kappa shape index (κ1) is 18.7. The van der Waals surface area contributed by atoms with Crippen molar-refractivity contribution in [3.05, 3.63) is 65.3 Å². The number of anilines is 2. The van der Waals surface area contributed by atoms with Crippen LogP contribution < -0.4 is 15.6 Å². The zero-order valence-corrected chi connectivity index (χ0v) is 16.9. The summed E-state index contributed by atoms with van der Waals surface area (Å²) in [5.41, 5.74) is 1.81. The van der Waals surface area contributed by atoms with Crippen molar-refractivity contribution in [2.45, 2.75) is 13.5 Å². The predicted molar refractivity (Wildman–Crippen MR) is 116 cm³/mol. The van der Waals surface area contributed by atoms with Gasteiger partial charge in [0.2, 0.25) is 5.95 Å². The van der Waals surface area contributed by atoms with E-state index >= 15 is 0 Å². The van der Waals surface area contributed by atoms with Crippen molar-refractivity contribution >= 4 is 28.2 Å². The average Bonchev–Trinajstić information content (AvgIpc) is 3.40. The summed E-state index contributed by atoms with van der Waals surface area (Å²) >= 11 is 0. The second kappa shape index (κ2) is 7.48. The van der Waals surface area contributed by atoms with Gasteiger partial charge in [-0.15, -0.1) is 5.10 Å². The molecule has 10 nitrogen and oxygen atoms in total. The Labute approximate surface area is 176 Å². The van der Waals surface area contributed by atoms with E-state index in [0.717, 1.165) is 17.5 Å². The van der Waals surface area contributed by atoms with Crippen molar-refractivity contribution in [1.82, 2.24) is 34.3 Å². The van der Waals surface area contributed by atoms with Gasteiger partial charge in [0.05, 0.1) is 18.9 Å². The number of para-hydroxylation sites is 1. The molecule has 1 aromatic carbocycles. The van der Waals surface area contributed by atoms with Gasteiger partial charge < -0.3 is 10.1 Å². The van der Waals surface area contributed by atoms with Crippen LogP contribution in [0.25, 0.3) is 27.9 Å². The van der Waals surface area contributed by atoms with Crippen molar-refractivity contribution < 1.29 is 4.74 Å². The third kappa shape index (κ3) is 3.23. The summed E-state index contributed by atoms with van der Waals surface area (Å²) in [6.45, 7) is 2.75. The molecule has 10 heteroatoms. The van der Waals surface area contributed by atoms with Gasteiger partial charge in [-0.3, -0.25) is 9.48 Å². The van der Waals surface area contributed by atoms with Crippen LogP contribution in [-0.4, -0.2) is 41.5 Å². The van der Waals surface area contributed by atoms with Crippen molar-refractivity contribution in [3.8, 4) is 17.1 Å². The summed E-state index contributed by atoms with van der Waals surface area (Å²) in [4.78, 5) is 25.6. The van der Waals surface area contributed by atoms with E-state index in [4.69, 9.17) is 14.7 Å². The molecule has 0 aliphatic carbocycles. The predicted octanol–water partition coefficient (Wildman–Crippen LogP) is 2.67. The van der Waals surface area contributed by atoms with Gasteiger partial charge in [0.15, 0.2) is 11.5 Å². The minimum Gasteiger partial charge on any atom is -0.494 e. The number of ether oxygens (including phenoxy) is 1. The van der Waals surface area contributed by atoms with Gasteiger partial charge in [-0.25, -0.2) is 15.0 Å². The molecular weight excluding hydrogens is 396 g/mol. The van der Waals surface area contributed by atoms with E-state index in [2.05, 4.69) is 20.5 Å². The van der Waals surface area contributed by atoms with Crippen molar-refractivity contribution in [2.24, 2.45) is 0 Å². The van der Waals surface area contributed by atoms with E-state index in [9.17, 15) is 4.79 Å². The molecule has 0 spiro atoms. The van der Waals surface area contributed by atoms with E-state index in [1.54, 1.807) is 40.7 Å². The Morgan fingerprint density at radius 2 is 2.03 bits per heavy atom. The topological polar surface area (TPSA) is 112 Å². The molecule has 0 aliphatic heterocycles. The lowest BCUT2D eigenvalue weighted by atomic mass is 10.2. The summed E-state index contributed by atoms with van der Waals surface area (Å²) in [6, 6.07) is 10.6. The molecule has 5 aromatic rings. The van der Waals surface area contributed by atoms with Crippen LogP contribution in [0.5, 0.6) is 5.75 Å². The zero-order valence-electron chi connectivity index (χ0n) is 16.9. The molecular formula is C21H18N8O2. The van der Waals surface area contributed by atoms with E-state index in [0.29, 0.717) is 28.7 Å².